The minimum Gasteiger partial charge on any atom is -0.455 e. The molecule has 8 nitrogen and oxygen atoms in total. The molecular formula is C25H38O8. The van der Waals surface area contributed by atoms with Gasteiger partial charge in [-0.3, -0.25) is 14.4 Å². The summed E-state index contributed by atoms with van der Waals surface area (Å²) < 4.78 is 16.9. The largest absolute Gasteiger partial charge is 0.455 e. The van der Waals surface area contributed by atoms with Gasteiger partial charge in [0, 0.05) is 11.5 Å². The first kappa shape index (κ1) is 27.0. The summed E-state index contributed by atoms with van der Waals surface area (Å²) in [5.41, 5.74) is -1.58. The summed E-state index contributed by atoms with van der Waals surface area (Å²) in [5.74, 6) is -4.64. The fourth-order valence-electron chi connectivity index (χ4n) is 4.22. The highest BCUT2D eigenvalue weighted by Gasteiger charge is 2.57. The molecule has 186 valence electrons. The van der Waals surface area contributed by atoms with Gasteiger partial charge in [-0.2, -0.15) is 0 Å². The number of fused-ring (bicyclic) bond motifs is 1. The van der Waals surface area contributed by atoms with Gasteiger partial charge in [-0.05, 0) is 39.0 Å². The Bertz CT molecular complexity index is 785. The predicted molar refractivity (Wildman–Crippen MR) is 120 cm³/mol. The summed E-state index contributed by atoms with van der Waals surface area (Å²) in [4.78, 5) is 51.3. The van der Waals surface area contributed by atoms with Crippen LogP contribution in [0.3, 0.4) is 0 Å². The number of carbonyl (C=O) groups excluding carboxylic acids is 4. The SMILES string of the molecule is C=C1C(=O)O[C@H]2[C@H]1[C@@H](OC(=O)C(C)CC)C(=O)[C@H](C)CCC[C@](C)(O)[C@@H]2OC(=O)C(C)CC. The van der Waals surface area contributed by atoms with Crippen molar-refractivity contribution >= 4 is 23.7 Å². The Morgan fingerprint density at radius 1 is 1.15 bits per heavy atom. The zero-order valence-corrected chi connectivity index (χ0v) is 20.6. The second kappa shape index (κ2) is 10.8. The molecule has 0 aromatic rings. The number of ether oxygens (including phenoxy) is 3. The van der Waals surface area contributed by atoms with Crippen molar-refractivity contribution < 1.29 is 38.5 Å². The van der Waals surface area contributed by atoms with E-state index in [1.54, 1.807) is 20.8 Å². The van der Waals surface area contributed by atoms with Crippen molar-refractivity contribution in [3.8, 4) is 0 Å². The van der Waals surface area contributed by atoms with Gasteiger partial charge >= 0.3 is 17.9 Å². The third kappa shape index (κ3) is 5.83. The number of aliphatic hydroxyl groups is 1. The lowest BCUT2D eigenvalue weighted by Crippen LogP contribution is -2.56. The van der Waals surface area contributed by atoms with Gasteiger partial charge in [0.15, 0.2) is 24.1 Å². The maximum Gasteiger partial charge on any atom is 0.334 e. The fourth-order valence-corrected chi connectivity index (χ4v) is 4.22. The molecule has 1 aliphatic carbocycles. The highest BCUT2D eigenvalue weighted by Crippen LogP contribution is 2.41. The molecule has 2 aliphatic rings. The van der Waals surface area contributed by atoms with Gasteiger partial charge in [0.2, 0.25) is 0 Å². The zero-order chi connectivity index (χ0) is 25.1. The molecule has 1 aliphatic heterocycles. The lowest BCUT2D eigenvalue weighted by atomic mass is 9.76. The molecule has 1 saturated carbocycles. The van der Waals surface area contributed by atoms with Crippen molar-refractivity contribution in [2.45, 2.75) is 97.6 Å². The third-order valence-electron chi connectivity index (χ3n) is 7.10. The van der Waals surface area contributed by atoms with Crippen LogP contribution >= 0.6 is 0 Å². The van der Waals surface area contributed by atoms with Gasteiger partial charge in [-0.25, -0.2) is 4.79 Å². The smallest absolute Gasteiger partial charge is 0.334 e. The standard InChI is InChI=1S/C25H38O8/c1-8-13(3)22(27)31-19-17-16(6)24(29)32-20(17)21(33-23(28)14(4)9-2)25(7,30)12-10-11-15(5)18(19)26/h13-15,17,19-21,30H,6,8-12H2,1-5,7H3/t13?,14?,15-,17-,19-,20+,21-,25+/m1/s1. The van der Waals surface area contributed by atoms with Crippen LogP contribution in [0.5, 0.6) is 0 Å². The molecule has 0 bridgehead atoms. The van der Waals surface area contributed by atoms with Gasteiger partial charge in [-0.15, -0.1) is 0 Å². The van der Waals surface area contributed by atoms with E-state index in [0.717, 1.165) is 0 Å². The van der Waals surface area contributed by atoms with E-state index < -0.39 is 65.5 Å². The molecule has 2 fully saturated rings. The van der Waals surface area contributed by atoms with E-state index in [0.29, 0.717) is 25.7 Å². The maximum atomic E-state index is 13.4. The molecule has 2 unspecified atom stereocenters. The first-order valence-corrected chi connectivity index (χ1v) is 11.9. The van der Waals surface area contributed by atoms with Crippen LogP contribution in [-0.4, -0.2) is 52.7 Å². The van der Waals surface area contributed by atoms with E-state index in [1.165, 1.54) is 6.92 Å². The summed E-state index contributed by atoms with van der Waals surface area (Å²) in [6.45, 7) is 14.1. The number of ketones is 1. The summed E-state index contributed by atoms with van der Waals surface area (Å²) >= 11 is 0. The minimum absolute atomic E-state index is 0.0385. The Kier molecular flexibility index (Phi) is 8.85. The second-order valence-electron chi connectivity index (χ2n) is 9.81. The molecule has 1 heterocycles. The topological polar surface area (TPSA) is 116 Å². The first-order valence-electron chi connectivity index (χ1n) is 11.9. The van der Waals surface area contributed by atoms with E-state index in [9.17, 15) is 24.3 Å². The molecule has 0 radical (unpaired) electrons. The Morgan fingerprint density at radius 3 is 2.24 bits per heavy atom. The van der Waals surface area contributed by atoms with E-state index in [4.69, 9.17) is 14.2 Å². The molecule has 33 heavy (non-hydrogen) atoms. The van der Waals surface area contributed by atoms with Crippen molar-refractivity contribution in [1.29, 1.82) is 0 Å². The quantitative estimate of drug-likeness (QED) is 0.361. The average Bonchev–Trinajstić information content (AvgIpc) is 3.06. The monoisotopic (exact) mass is 466 g/mol. The summed E-state index contributed by atoms with van der Waals surface area (Å²) in [5, 5.41) is 11.3. The number of rotatable bonds is 6. The van der Waals surface area contributed by atoms with Crippen LogP contribution < -0.4 is 0 Å². The summed E-state index contributed by atoms with van der Waals surface area (Å²) in [6.07, 6.45) is -1.61. The second-order valence-corrected chi connectivity index (χ2v) is 9.81. The molecule has 0 spiro atoms. The summed E-state index contributed by atoms with van der Waals surface area (Å²) in [7, 11) is 0. The molecule has 8 heteroatoms. The van der Waals surface area contributed by atoms with Crippen LogP contribution in [0.1, 0.15) is 73.6 Å². The van der Waals surface area contributed by atoms with Crippen LogP contribution in [0, 0.1) is 23.7 Å². The Hall–Kier alpha value is -2.22. The van der Waals surface area contributed by atoms with E-state index in [2.05, 4.69) is 6.58 Å². The minimum atomic E-state index is -1.54. The van der Waals surface area contributed by atoms with Gasteiger partial charge in [0.05, 0.1) is 17.8 Å². The number of Topliss-reactive ketones (excluding diaryl/α,β-unsaturated/α-hetero) is 1. The van der Waals surface area contributed by atoms with E-state index in [1.807, 2.05) is 13.8 Å². The molecule has 2 rings (SSSR count). The summed E-state index contributed by atoms with van der Waals surface area (Å²) in [6, 6.07) is 0. The molecule has 0 aromatic carbocycles. The molecular weight excluding hydrogens is 428 g/mol. The lowest BCUT2D eigenvalue weighted by molar-refractivity contribution is -0.196. The highest BCUT2D eigenvalue weighted by atomic mass is 16.6. The number of hydrogen-bond acceptors (Lipinski definition) is 8. The molecule has 1 N–H and O–H groups in total. The van der Waals surface area contributed by atoms with Gasteiger partial charge in [0.1, 0.15) is 5.60 Å². The fraction of sp³-hybridized carbons (Fsp3) is 0.760. The Morgan fingerprint density at radius 2 is 1.70 bits per heavy atom. The maximum absolute atomic E-state index is 13.4. The lowest BCUT2D eigenvalue weighted by Gasteiger charge is -2.40. The van der Waals surface area contributed by atoms with Crippen LogP contribution in [0.25, 0.3) is 0 Å². The van der Waals surface area contributed by atoms with Crippen molar-refractivity contribution in [2.24, 2.45) is 23.7 Å². The predicted octanol–water partition coefficient (Wildman–Crippen LogP) is 3.14. The first-order chi connectivity index (χ1) is 15.3. The number of carbonyl (C=O) groups is 4. The van der Waals surface area contributed by atoms with Crippen LogP contribution in [0.2, 0.25) is 0 Å². The highest BCUT2D eigenvalue weighted by molar-refractivity contribution is 5.95. The van der Waals surface area contributed by atoms with Crippen molar-refractivity contribution in [2.75, 3.05) is 0 Å². The van der Waals surface area contributed by atoms with Gasteiger partial charge in [0.25, 0.3) is 0 Å². The molecule has 0 amide bonds. The third-order valence-corrected chi connectivity index (χ3v) is 7.10. The van der Waals surface area contributed by atoms with Gasteiger partial charge < -0.3 is 19.3 Å². The zero-order valence-electron chi connectivity index (χ0n) is 20.6. The Balaban J connectivity index is 2.57. The van der Waals surface area contributed by atoms with Crippen LogP contribution in [-0.2, 0) is 33.4 Å². The normalized spacial score (nSPS) is 34.6. The molecule has 0 aromatic heterocycles. The van der Waals surface area contributed by atoms with Crippen LogP contribution in [0.4, 0.5) is 0 Å². The number of hydrogen-bond donors (Lipinski definition) is 1. The van der Waals surface area contributed by atoms with E-state index in [-0.39, 0.29) is 17.8 Å². The van der Waals surface area contributed by atoms with Crippen LogP contribution in [0.15, 0.2) is 12.2 Å². The van der Waals surface area contributed by atoms with Crippen molar-refractivity contribution in [3.05, 3.63) is 12.2 Å². The van der Waals surface area contributed by atoms with Crippen molar-refractivity contribution in [1.82, 2.24) is 0 Å². The van der Waals surface area contributed by atoms with Gasteiger partial charge in [-0.1, -0.05) is 41.2 Å². The average molecular weight is 467 g/mol. The van der Waals surface area contributed by atoms with Crippen molar-refractivity contribution in [3.63, 3.8) is 0 Å². The molecule has 1 saturated heterocycles. The Labute approximate surface area is 196 Å². The number of esters is 3. The molecule has 8 atom stereocenters. The van der Waals surface area contributed by atoms with E-state index >= 15 is 0 Å².